The zero-order valence-electron chi connectivity index (χ0n) is 12.2. The fourth-order valence-electron chi connectivity index (χ4n) is 5.26. The van der Waals surface area contributed by atoms with Crippen LogP contribution in [-0.2, 0) is 5.41 Å². The lowest BCUT2D eigenvalue weighted by atomic mass is 9.64. The first-order valence-corrected chi connectivity index (χ1v) is 8.95. The molecule has 0 radical (unpaired) electrons. The predicted molar refractivity (Wildman–Crippen MR) is 92.4 cm³/mol. The number of hydrogen-bond donors (Lipinski definition) is 0. The molecule has 0 fully saturated rings. The SMILES string of the molecule is c1ccc2c(c1)C1c3cccnc3C23c2c1cc1cscc1c23. The summed E-state index contributed by atoms with van der Waals surface area (Å²) in [5.74, 6) is 0.359. The Kier molecular flexibility index (Phi) is 1.57. The largest absolute Gasteiger partial charge is 0.259 e. The van der Waals surface area contributed by atoms with Gasteiger partial charge in [0.25, 0.3) is 0 Å². The standard InChI is InChI=1S/C21H11NS/c1-2-6-16-12(4-1)17-13-5-3-7-22-20(13)21(16)18-14(17)8-11-9-23-10-15(11)19(18)21/h1-10,17H. The van der Waals surface area contributed by atoms with Crippen molar-refractivity contribution in [2.75, 3.05) is 0 Å². The lowest BCUT2D eigenvalue weighted by molar-refractivity contribution is 0.713. The molecule has 2 heteroatoms. The Morgan fingerprint density at radius 3 is 2.83 bits per heavy atom. The summed E-state index contributed by atoms with van der Waals surface area (Å²) in [4.78, 5) is 4.87. The van der Waals surface area contributed by atoms with Gasteiger partial charge in [0.2, 0.25) is 0 Å². The van der Waals surface area contributed by atoms with Gasteiger partial charge in [-0.25, -0.2) is 0 Å². The van der Waals surface area contributed by atoms with Gasteiger partial charge in [0, 0.05) is 12.1 Å². The number of fused-ring (bicyclic) bond motifs is 2. The fourth-order valence-corrected chi connectivity index (χ4v) is 6.06. The van der Waals surface area contributed by atoms with Gasteiger partial charge in [-0.3, -0.25) is 4.98 Å². The molecule has 8 rings (SSSR count). The van der Waals surface area contributed by atoms with Crippen LogP contribution in [0.1, 0.15) is 45.0 Å². The molecule has 0 saturated carbocycles. The quantitative estimate of drug-likeness (QED) is 0.392. The van der Waals surface area contributed by atoms with Crippen molar-refractivity contribution in [3.63, 3.8) is 0 Å². The van der Waals surface area contributed by atoms with Crippen LogP contribution in [0.15, 0.2) is 59.4 Å². The van der Waals surface area contributed by atoms with Gasteiger partial charge in [0.05, 0.1) is 11.1 Å². The topological polar surface area (TPSA) is 12.9 Å². The van der Waals surface area contributed by atoms with E-state index in [9.17, 15) is 0 Å². The highest BCUT2D eigenvalue weighted by Gasteiger charge is 2.65. The molecule has 2 bridgehead atoms. The van der Waals surface area contributed by atoms with Crippen molar-refractivity contribution in [3.8, 4) is 0 Å². The highest BCUT2D eigenvalue weighted by molar-refractivity contribution is 7.09. The summed E-state index contributed by atoms with van der Waals surface area (Å²) >= 11 is 1.81. The molecule has 1 nitrogen and oxygen atoms in total. The molecule has 23 heavy (non-hydrogen) atoms. The van der Waals surface area contributed by atoms with Crippen molar-refractivity contribution in [3.05, 3.63) is 98.5 Å². The maximum absolute atomic E-state index is 4.87. The molecule has 1 spiro atoms. The zero-order valence-corrected chi connectivity index (χ0v) is 13.0. The van der Waals surface area contributed by atoms with Crippen LogP contribution in [0, 0.1) is 0 Å². The van der Waals surface area contributed by atoms with Crippen LogP contribution in [0.25, 0.3) is 10.8 Å². The van der Waals surface area contributed by atoms with E-state index in [-0.39, 0.29) is 5.41 Å². The zero-order chi connectivity index (χ0) is 14.8. The fraction of sp³-hybridized carbons (Fsp3) is 0.0952. The second-order valence-electron chi connectivity index (χ2n) is 6.80. The minimum absolute atomic E-state index is 0.0555. The van der Waals surface area contributed by atoms with Crippen molar-refractivity contribution in [1.82, 2.24) is 4.98 Å². The maximum Gasteiger partial charge on any atom is 0.0896 e. The van der Waals surface area contributed by atoms with Gasteiger partial charge >= 0.3 is 0 Å². The Bertz CT molecular complexity index is 1140. The number of nitrogens with zero attached hydrogens (tertiary/aromatic N) is 1. The molecule has 4 aliphatic rings. The van der Waals surface area contributed by atoms with Crippen LogP contribution in [0.5, 0.6) is 0 Å². The molecule has 0 aliphatic heterocycles. The van der Waals surface area contributed by atoms with E-state index in [0.29, 0.717) is 5.92 Å². The Balaban J connectivity index is 1.77. The summed E-state index contributed by atoms with van der Waals surface area (Å²) in [6.07, 6.45) is 1.96. The Hall–Kier alpha value is -2.45. The highest BCUT2D eigenvalue weighted by Crippen LogP contribution is 2.72. The molecule has 2 aromatic carbocycles. The number of benzene rings is 2. The molecule has 106 valence electrons. The number of aromatic nitrogens is 1. The van der Waals surface area contributed by atoms with Gasteiger partial charge in [-0.15, -0.1) is 0 Å². The number of pyridine rings is 1. The number of hydrogen-bond acceptors (Lipinski definition) is 2. The lowest BCUT2D eigenvalue weighted by Crippen LogP contribution is -2.31. The van der Waals surface area contributed by atoms with Crippen LogP contribution < -0.4 is 0 Å². The molecular weight excluding hydrogens is 298 g/mol. The lowest BCUT2D eigenvalue weighted by Gasteiger charge is -2.38. The molecule has 2 heterocycles. The van der Waals surface area contributed by atoms with Crippen LogP contribution >= 0.6 is 11.3 Å². The monoisotopic (exact) mass is 309 g/mol. The van der Waals surface area contributed by atoms with Crippen LogP contribution in [0.4, 0.5) is 0 Å². The van der Waals surface area contributed by atoms with Gasteiger partial charge in [0.1, 0.15) is 0 Å². The third kappa shape index (κ3) is 0.952. The van der Waals surface area contributed by atoms with E-state index in [1.165, 1.54) is 44.3 Å². The number of thiophene rings is 1. The molecule has 4 aromatic rings. The van der Waals surface area contributed by atoms with Gasteiger partial charge in [-0.1, -0.05) is 30.3 Å². The highest BCUT2D eigenvalue weighted by atomic mass is 32.1. The first-order valence-electron chi connectivity index (χ1n) is 8.01. The van der Waals surface area contributed by atoms with Crippen molar-refractivity contribution in [2.45, 2.75) is 11.3 Å². The minimum atomic E-state index is -0.0555. The molecule has 2 unspecified atom stereocenters. The smallest absolute Gasteiger partial charge is 0.0896 e. The van der Waals surface area contributed by atoms with Crippen LogP contribution in [-0.4, -0.2) is 4.98 Å². The second kappa shape index (κ2) is 3.24. The Morgan fingerprint density at radius 1 is 0.913 bits per heavy atom. The van der Waals surface area contributed by atoms with Crippen LogP contribution in [0.3, 0.4) is 0 Å². The summed E-state index contributed by atoms with van der Waals surface area (Å²) in [5, 5.41) is 7.44. The van der Waals surface area contributed by atoms with Crippen molar-refractivity contribution >= 4 is 22.1 Å². The van der Waals surface area contributed by atoms with Crippen LogP contribution in [0.2, 0.25) is 0 Å². The average molecular weight is 309 g/mol. The van der Waals surface area contributed by atoms with E-state index in [1.807, 2.05) is 17.5 Å². The van der Waals surface area contributed by atoms with E-state index < -0.39 is 0 Å². The maximum atomic E-state index is 4.87. The van der Waals surface area contributed by atoms with Gasteiger partial charge < -0.3 is 0 Å². The molecule has 0 saturated heterocycles. The van der Waals surface area contributed by atoms with Crippen molar-refractivity contribution in [1.29, 1.82) is 0 Å². The summed E-state index contributed by atoms with van der Waals surface area (Å²) in [7, 11) is 0. The summed E-state index contributed by atoms with van der Waals surface area (Å²) < 4.78 is 0. The van der Waals surface area contributed by atoms with Gasteiger partial charge in [0.15, 0.2) is 0 Å². The molecular formula is C21H11NS. The Labute approximate surface area is 137 Å². The van der Waals surface area contributed by atoms with Gasteiger partial charge in [-0.2, -0.15) is 11.3 Å². The second-order valence-corrected chi connectivity index (χ2v) is 7.55. The van der Waals surface area contributed by atoms with E-state index in [0.717, 1.165) is 0 Å². The minimum Gasteiger partial charge on any atom is -0.259 e. The molecule has 0 amide bonds. The predicted octanol–water partition coefficient (Wildman–Crippen LogP) is 4.80. The average Bonchev–Trinajstić information content (AvgIpc) is 3.08. The molecule has 0 N–H and O–H groups in total. The molecule has 2 atom stereocenters. The first-order chi connectivity index (χ1) is 11.4. The third-order valence-corrected chi connectivity index (χ3v) is 6.75. The summed E-state index contributed by atoms with van der Waals surface area (Å²) in [6.45, 7) is 0. The molecule has 4 aliphatic carbocycles. The summed E-state index contributed by atoms with van der Waals surface area (Å²) in [5.41, 5.74) is 10.2. The number of rotatable bonds is 0. The van der Waals surface area contributed by atoms with Crippen molar-refractivity contribution in [2.24, 2.45) is 0 Å². The molecule has 2 aromatic heterocycles. The van der Waals surface area contributed by atoms with Gasteiger partial charge in [-0.05, 0) is 67.0 Å². The summed E-state index contributed by atoms with van der Waals surface area (Å²) in [6, 6.07) is 15.8. The third-order valence-electron chi connectivity index (χ3n) is 5.99. The normalized spacial score (nSPS) is 24.3. The van der Waals surface area contributed by atoms with E-state index in [1.54, 1.807) is 5.56 Å². The first kappa shape index (κ1) is 11.1. The van der Waals surface area contributed by atoms with E-state index in [2.05, 4.69) is 53.2 Å². The Morgan fingerprint density at radius 2 is 1.83 bits per heavy atom. The van der Waals surface area contributed by atoms with Crippen molar-refractivity contribution < 1.29 is 0 Å². The van der Waals surface area contributed by atoms with E-state index >= 15 is 0 Å². The van der Waals surface area contributed by atoms with E-state index in [4.69, 9.17) is 4.98 Å².